The molecule has 2 aliphatic rings. The van der Waals surface area contributed by atoms with Gasteiger partial charge in [-0.3, -0.25) is 0 Å². The van der Waals surface area contributed by atoms with Crippen LogP contribution < -0.4 is 10.2 Å². The van der Waals surface area contributed by atoms with Gasteiger partial charge < -0.3 is 19.9 Å². The molecule has 7 heteroatoms. The van der Waals surface area contributed by atoms with E-state index in [2.05, 4.69) is 5.32 Å². The number of carbonyl (C=O) groups excluding carboxylic acids is 1. The van der Waals surface area contributed by atoms with Crippen LogP contribution in [0.15, 0.2) is 18.2 Å². The number of benzene rings is 1. The maximum atomic E-state index is 13.3. The van der Waals surface area contributed by atoms with Crippen molar-refractivity contribution in [3.05, 3.63) is 29.6 Å². The summed E-state index contributed by atoms with van der Waals surface area (Å²) in [5, 5.41) is 12.2. The number of nitrogens with zero attached hydrogens (tertiary/aromatic N) is 3. The van der Waals surface area contributed by atoms with Gasteiger partial charge in [0.1, 0.15) is 11.9 Å². The molecule has 0 radical (unpaired) electrons. The number of methoxy groups -OCH3 is 1. The molecular formula is C16H19FN4O2. The van der Waals surface area contributed by atoms with Crippen LogP contribution in [0.4, 0.5) is 14.9 Å². The number of anilines is 1. The van der Waals surface area contributed by atoms with Gasteiger partial charge in [0.05, 0.1) is 29.9 Å². The van der Waals surface area contributed by atoms with Crippen molar-refractivity contribution in [3.63, 3.8) is 0 Å². The minimum Gasteiger partial charge on any atom is -0.383 e. The van der Waals surface area contributed by atoms with Gasteiger partial charge in [0.15, 0.2) is 0 Å². The molecule has 0 spiro atoms. The molecule has 2 aliphatic heterocycles. The number of nitrogens with one attached hydrogen (secondary N) is 1. The molecule has 2 atom stereocenters. The molecule has 23 heavy (non-hydrogen) atoms. The Bertz CT molecular complexity index is 645. The van der Waals surface area contributed by atoms with Crippen LogP contribution in [0, 0.1) is 17.1 Å². The van der Waals surface area contributed by atoms with Gasteiger partial charge in [-0.05, 0) is 24.6 Å². The molecule has 1 aromatic rings. The summed E-state index contributed by atoms with van der Waals surface area (Å²) in [6.45, 7) is 2.42. The Balaban J connectivity index is 1.75. The maximum Gasteiger partial charge on any atom is 0.318 e. The van der Waals surface area contributed by atoms with Crippen LogP contribution in [0.25, 0.3) is 0 Å². The number of fused-ring (bicyclic) bond motifs is 1. The summed E-state index contributed by atoms with van der Waals surface area (Å²) < 4.78 is 18.4. The summed E-state index contributed by atoms with van der Waals surface area (Å²) in [6.07, 6.45) is 0.801. The van der Waals surface area contributed by atoms with Crippen LogP contribution in [0.2, 0.25) is 0 Å². The standard InChI is InChI=1S/C16H19FN4O2/c1-23-7-6-21-15-4-5-20(10-13(15)19-16(21)22)14-3-2-12(17)8-11(14)9-18/h2-3,8,13,15H,4-7,10H2,1H3,(H,19,22)/t13-,15+/m1/s1. The van der Waals surface area contributed by atoms with Crippen molar-refractivity contribution in [1.82, 2.24) is 10.2 Å². The van der Waals surface area contributed by atoms with Gasteiger partial charge in [-0.2, -0.15) is 5.26 Å². The SMILES string of the molecule is COCCN1C(=O)N[C@@H]2CN(c3ccc(F)cc3C#N)CC[C@@H]21. The highest BCUT2D eigenvalue weighted by atomic mass is 19.1. The maximum absolute atomic E-state index is 13.3. The summed E-state index contributed by atoms with van der Waals surface area (Å²) in [5.41, 5.74) is 1.04. The summed E-state index contributed by atoms with van der Waals surface area (Å²) >= 11 is 0. The number of carbonyl (C=O) groups is 1. The molecule has 1 aromatic carbocycles. The highest BCUT2D eigenvalue weighted by Crippen LogP contribution is 2.28. The number of nitriles is 1. The molecule has 0 unspecified atom stereocenters. The largest absolute Gasteiger partial charge is 0.383 e. The summed E-state index contributed by atoms with van der Waals surface area (Å²) in [6, 6.07) is 6.36. The number of urea groups is 1. The fraction of sp³-hybridized carbons (Fsp3) is 0.500. The van der Waals surface area contributed by atoms with Crippen molar-refractivity contribution in [1.29, 1.82) is 5.26 Å². The summed E-state index contributed by atoms with van der Waals surface area (Å²) in [5.74, 6) is -0.417. The zero-order valence-electron chi connectivity index (χ0n) is 13.0. The van der Waals surface area contributed by atoms with E-state index in [9.17, 15) is 14.4 Å². The Hall–Kier alpha value is -2.33. The van der Waals surface area contributed by atoms with Crippen molar-refractivity contribution in [2.75, 3.05) is 38.3 Å². The first-order valence-electron chi connectivity index (χ1n) is 7.64. The molecule has 2 saturated heterocycles. The highest BCUT2D eigenvalue weighted by molar-refractivity contribution is 5.78. The predicted octanol–water partition coefficient (Wildman–Crippen LogP) is 1.32. The topological polar surface area (TPSA) is 68.6 Å². The third-order valence-electron chi connectivity index (χ3n) is 4.50. The van der Waals surface area contributed by atoms with E-state index >= 15 is 0 Å². The van der Waals surface area contributed by atoms with Gasteiger partial charge >= 0.3 is 6.03 Å². The lowest BCUT2D eigenvalue weighted by atomic mass is 9.98. The monoisotopic (exact) mass is 318 g/mol. The Morgan fingerprint density at radius 1 is 1.52 bits per heavy atom. The van der Waals surface area contributed by atoms with E-state index in [1.54, 1.807) is 13.2 Å². The van der Waals surface area contributed by atoms with Gasteiger partial charge in [0.2, 0.25) is 0 Å². The van der Waals surface area contributed by atoms with E-state index in [0.717, 1.165) is 18.7 Å². The van der Waals surface area contributed by atoms with Crippen LogP contribution >= 0.6 is 0 Å². The van der Waals surface area contributed by atoms with Crippen molar-refractivity contribution in [2.45, 2.75) is 18.5 Å². The predicted molar refractivity (Wildman–Crippen MR) is 82.6 cm³/mol. The second-order valence-corrected chi connectivity index (χ2v) is 5.82. The van der Waals surface area contributed by atoms with E-state index in [1.807, 2.05) is 15.9 Å². The molecule has 0 bridgehead atoms. The summed E-state index contributed by atoms with van der Waals surface area (Å²) in [7, 11) is 1.62. The fourth-order valence-corrected chi connectivity index (χ4v) is 3.40. The zero-order chi connectivity index (χ0) is 16.4. The molecule has 0 saturated carbocycles. The Morgan fingerprint density at radius 2 is 2.35 bits per heavy atom. The van der Waals surface area contributed by atoms with E-state index < -0.39 is 5.82 Å². The quantitative estimate of drug-likeness (QED) is 0.909. The minimum absolute atomic E-state index is 0.00435. The van der Waals surface area contributed by atoms with Crippen LogP contribution in [0.3, 0.4) is 0 Å². The molecular weight excluding hydrogens is 299 g/mol. The molecule has 2 fully saturated rings. The smallest absolute Gasteiger partial charge is 0.318 e. The van der Waals surface area contributed by atoms with E-state index in [-0.39, 0.29) is 18.1 Å². The van der Waals surface area contributed by atoms with Crippen LogP contribution in [0.1, 0.15) is 12.0 Å². The first-order chi connectivity index (χ1) is 11.1. The normalized spacial score (nSPS) is 23.4. The lowest BCUT2D eigenvalue weighted by Crippen LogP contribution is -2.51. The minimum atomic E-state index is -0.417. The number of amides is 2. The van der Waals surface area contributed by atoms with Crippen LogP contribution in [-0.2, 0) is 4.74 Å². The Morgan fingerprint density at radius 3 is 3.09 bits per heavy atom. The molecule has 2 amide bonds. The molecule has 1 N–H and O–H groups in total. The van der Waals surface area contributed by atoms with Crippen LogP contribution in [-0.4, -0.2) is 56.4 Å². The number of rotatable bonds is 4. The number of ether oxygens (including phenoxy) is 1. The Kier molecular flexibility index (Phi) is 4.35. The number of halogens is 1. The number of hydrogen-bond donors (Lipinski definition) is 1. The van der Waals surface area contributed by atoms with Crippen molar-refractivity contribution < 1.29 is 13.9 Å². The molecule has 122 valence electrons. The Labute approximate surface area is 134 Å². The molecule has 0 aromatic heterocycles. The first-order valence-corrected chi connectivity index (χ1v) is 7.64. The van der Waals surface area contributed by atoms with E-state index in [1.165, 1.54) is 12.1 Å². The molecule has 0 aliphatic carbocycles. The fourth-order valence-electron chi connectivity index (χ4n) is 3.40. The molecule has 2 heterocycles. The second kappa shape index (κ2) is 6.42. The third kappa shape index (κ3) is 2.94. The van der Waals surface area contributed by atoms with Crippen molar-refractivity contribution in [3.8, 4) is 6.07 Å². The average Bonchev–Trinajstić information content (AvgIpc) is 2.87. The van der Waals surface area contributed by atoms with Crippen molar-refractivity contribution >= 4 is 11.7 Å². The van der Waals surface area contributed by atoms with Gasteiger partial charge in [-0.15, -0.1) is 0 Å². The van der Waals surface area contributed by atoms with E-state index in [0.29, 0.717) is 25.3 Å². The van der Waals surface area contributed by atoms with Gasteiger partial charge in [-0.25, -0.2) is 9.18 Å². The first kappa shape index (κ1) is 15.6. The lowest BCUT2D eigenvalue weighted by Gasteiger charge is -2.38. The second-order valence-electron chi connectivity index (χ2n) is 5.82. The zero-order valence-corrected chi connectivity index (χ0v) is 13.0. The van der Waals surface area contributed by atoms with Crippen molar-refractivity contribution in [2.24, 2.45) is 0 Å². The van der Waals surface area contributed by atoms with Gasteiger partial charge in [0.25, 0.3) is 0 Å². The highest BCUT2D eigenvalue weighted by Gasteiger charge is 2.42. The van der Waals surface area contributed by atoms with E-state index in [4.69, 9.17) is 4.74 Å². The average molecular weight is 318 g/mol. The lowest BCUT2D eigenvalue weighted by molar-refractivity contribution is 0.140. The third-order valence-corrected chi connectivity index (χ3v) is 4.50. The molecule has 3 rings (SSSR count). The number of hydrogen-bond acceptors (Lipinski definition) is 4. The van der Waals surface area contributed by atoms with Crippen LogP contribution in [0.5, 0.6) is 0 Å². The number of piperidine rings is 1. The van der Waals surface area contributed by atoms with Gasteiger partial charge in [-0.1, -0.05) is 0 Å². The summed E-state index contributed by atoms with van der Waals surface area (Å²) in [4.78, 5) is 16.0. The molecule has 6 nitrogen and oxygen atoms in total. The van der Waals surface area contributed by atoms with Gasteiger partial charge in [0, 0.05) is 26.7 Å².